The number of hydrogen-bond donors (Lipinski definition) is 1. The molecule has 0 radical (unpaired) electrons. The van der Waals surface area contributed by atoms with E-state index >= 15 is 0 Å². The number of halogens is 1. The quantitative estimate of drug-likeness (QED) is 0.473. The molecule has 0 amide bonds. The fourth-order valence-corrected chi connectivity index (χ4v) is 1.05. The van der Waals surface area contributed by atoms with E-state index in [1.807, 2.05) is 6.92 Å². The molecule has 1 N–H and O–H groups in total. The molecule has 0 aromatic heterocycles. The summed E-state index contributed by atoms with van der Waals surface area (Å²) in [6, 6.07) is 0. The van der Waals surface area contributed by atoms with Gasteiger partial charge in [0.1, 0.15) is 0 Å². The van der Waals surface area contributed by atoms with Crippen LogP contribution in [0.4, 0.5) is 0 Å². The normalized spacial score (nSPS) is 13.5. The lowest BCUT2D eigenvalue weighted by atomic mass is 10.1. The van der Waals surface area contributed by atoms with Gasteiger partial charge in [0.2, 0.25) is 0 Å². The molecular weight excluding hydrogens is 148 g/mol. The Morgan fingerprint density at radius 3 is 2.30 bits per heavy atom. The van der Waals surface area contributed by atoms with E-state index in [-0.39, 0.29) is 0 Å². The molecule has 0 aliphatic heterocycles. The Kier molecular flexibility index (Phi) is 7.54. The van der Waals surface area contributed by atoms with E-state index in [2.05, 4.69) is 0 Å². The maximum absolute atomic E-state index is 8.45. The highest BCUT2D eigenvalue weighted by Crippen LogP contribution is 2.08. The molecule has 0 saturated carbocycles. The van der Waals surface area contributed by atoms with E-state index in [9.17, 15) is 0 Å². The van der Waals surface area contributed by atoms with Gasteiger partial charge in [-0.05, 0) is 19.8 Å². The molecule has 0 spiro atoms. The monoisotopic (exact) mass is 164 g/mol. The fraction of sp³-hybridized carbons (Fsp3) is 1.00. The highest BCUT2D eigenvalue weighted by molar-refractivity contribution is 6.20. The highest BCUT2D eigenvalue weighted by Gasteiger charge is 1.94. The first-order valence-electron chi connectivity index (χ1n) is 4.02. The topological polar surface area (TPSA) is 20.2 Å². The zero-order valence-corrected chi connectivity index (χ0v) is 7.40. The molecule has 0 aliphatic carbocycles. The van der Waals surface area contributed by atoms with Gasteiger partial charge in [0.15, 0.2) is 0 Å². The van der Waals surface area contributed by atoms with Crippen molar-refractivity contribution < 1.29 is 5.11 Å². The second kappa shape index (κ2) is 7.36. The predicted octanol–water partition coefficient (Wildman–Crippen LogP) is 2.56. The number of rotatable bonds is 6. The van der Waals surface area contributed by atoms with Crippen LogP contribution < -0.4 is 0 Å². The summed E-state index contributed by atoms with van der Waals surface area (Å²) < 4.78 is 0. The first-order valence-corrected chi connectivity index (χ1v) is 4.46. The van der Waals surface area contributed by atoms with Gasteiger partial charge in [0.25, 0.3) is 0 Å². The number of hydrogen-bond acceptors (Lipinski definition) is 1. The third-order valence-electron chi connectivity index (χ3n) is 1.51. The third kappa shape index (κ3) is 8.25. The molecule has 1 atom stereocenters. The standard InChI is InChI=1S/C8H17ClO/c1-8(9)6-4-2-3-5-7-10/h8,10H,2-7H2,1H3/t8-/m1/s1. The Bertz CT molecular complexity index is 64.3. The van der Waals surface area contributed by atoms with Crippen molar-refractivity contribution in [1.82, 2.24) is 0 Å². The van der Waals surface area contributed by atoms with E-state index in [0.717, 1.165) is 19.3 Å². The summed E-state index contributed by atoms with van der Waals surface area (Å²) >= 11 is 5.74. The third-order valence-corrected chi connectivity index (χ3v) is 1.73. The molecule has 0 aliphatic rings. The van der Waals surface area contributed by atoms with E-state index in [0.29, 0.717) is 12.0 Å². The second-order valence-corrected chi connectivity index (χ2v) is 3.45. The van der Waals surface area contributed by atoms with Crippen LogP contribution in [-0.4, -0.2) is 17.1 Å². The summed E-state index contributed by atoms with van der Waals surface area (Å²) in [4.78, 5) is 0. The second-order valence-electron chi connectivity index (χ2n) is 2.71. The van der Waals surface area contributed by atoms with Crippen molar-refractivity contribution in [3.05, 3.63) is 0 Å². The van der Waals surface area contributed by atoms with Gasteiger partial charge in [-0.1, -0.05) is 19.3 Å². The number of aliphatic hydroxyl groups is 1. The molecular formula is C8H17ClO. The summed E-state index contributed by atoms with van der Waals surface area (Å²) in [7, 11) is 0. The van der Waals surface area contributed by atoms with Gasteiger partial charge in [0, 0.05) is 12.0 Å². The smallest absolute Gasteiger partial charge is 0.0431 e. The van der Waals surface area contributed by atoms with Gasteiger partial charge in [0.05, 0.1) is 0 Å². The van der Waals surface area contributed by atoms with Crippen LogP contribution in [0.5, 0.6) is 0 Å². The predicted molar refractivity (Wildman–Crippen MR) is 45.5 cm³/mol. The minimum atomic E-state index is 0.314. The zero-order valence-electron chi connectivity index (χ0n) is 6.65. The van der Waals surface area contributed by atoms with Crippen molar-refractivity contribution in [1.29, 1.82) is 0 Å². The van der Waals surface area contributed by atoms with Gasteiger partial charge in [-0.25, -0.2) is 0 Å². The number of unbranched alkanes of at least 4 members (excludes halogenated alkanes) is 3. The van der Waals surface area contributed by atoms with Crippen molar-refractivity contribution >= 4 is 11.6 Å². The molecule has 0 saturated heterocycles. The van der Waals surface area contributed by atoms with E-state index in [1.165, 1.54) is 12.8 Å². The molecule has 0 heterocycles. The molecule has 0 fully saturated rings. The van der Waals surface area contributed by atoms with Crippen LogP contribution in [0, 0.1) is 0 Å². The lowest BCUT2D eigenvalue weighted by Gasteiger charge is -2.00. The molecule has 0 aromatic carbocycles. The summed E-state index contributed by atoms with van der Waals surface area (Å²) in [6.07, 6.45) is 5.59. The van der Waals surface area contributed by atoms with Gasteiger partial charge in [-0.3, -0.25) is 0 Å². The van der Waals surface area contributed by atoms with Crippen molar-refractivity contribution in [3.63, 3.8) is 0 Å². The average molecular weight is 165 g/mol. The molecule has 0 bridgehead atoms. The fourth-order valence-electron chi connectivity index (χ4n) is 0.891. The lowest BCUT2D eigenvalue weighted by Crippen LogP contribution is -1.90. The van der Waals surface area contributed by atoms with E-state index in [1.54, 1.807) is 0 Å². The minimum Gasteiger partial charge on any atom is -0.396 e. The van der Waals surface area contributed by atoms with Crippen LogP contribution in [0.25, 0.3) is 0 Å². The van der Waals surface area contributed by atoms with Crippen LogP contribution in [0.1, 0.15) is 39.0 Å². The SMILES string of the molecule is C[C@@H](Cl)CCCCCCO. The Morgan fingerprint density at radius 1 is 1.20 bits per heavy atom. The van der Waals surface area contributed by atoms with Gasteiger partial charge < -0.3 is 5.11 Å². The number of aliphatic hydroxyl groups excluding tert-OH is 1. The lowest BCUT2D eigenvalue weighted by molar-refractivity contribution is 0.282. The molecule has 2 heteroatoms. The van der Waals surface area contributed by atoms with Crippen LogP contribution in [0.3, 0.4) is 0 Å². The summed E-state index contributed by atoms with van der Waals surface area (Å²) in [5.41, 5.74) is 0. The largest absolute Gasteiger partial charge is 0.396 e. The van der Waals surface area contributed by atoms with Crippen molar-refractivity contribution in [2.24, 2.45) is 0 Å². The van der Waals surface area contributed by atoms with Crippen molar-refractivity contribution in [2.45, 2.75) is 44.4 Å². The summed E-state index contributed by atoms with van der Waals surface area (Å²) in [5.74, 6) is 0. The van der Waals surface area contributed by atoms with Crippen molar-refractivity contribution in [3.8, 4) is 0 Å². The Balaban J connectivity index is 2.77. The van der Waals surface area contributed by atoms with Gasteiger partial charge >= 0.3 is 0 Å². The molecule has 1 nitrogen and oxygen atoms in total. The Morgan fingerprint density at radius 2 is 1.80 bits per heavy atom. The number of alkyl halides is 1. The zero-order chi connectivity index (χ0) is 7.82. The first kappa shape index (κ1) is 10.2. The van der Waals surface area contributed by atoms with E-state index in [4.69, 9.17) is 16.7 Å². The Hall–Kier alpha value is 0.250. The van der Waals surface area contributed by atoms with Crippen LogP contribution in [0.15, 0.2) is 0 Å². The van der Waals surface area contributed by atoms with Crippen LogP contribution in [0.2, 0.25) is 0 Å². The van der Waals surface area contributed by atoms with E-state index < -0.39 is 0 Å². The average Bonchev–Trinajstić information content (AvgIpc) is 1.87. The molecule has 62 valence electrons. The van der Waals surface area contributed by atoms with Crippen LogP contribution >= 0.6 is 11.6 Å². The first-order chi connectivity index (χ1) is 4.77. The summed E-state index contributed by atoms with van der Waals surface area (Å²) in [6.45, 7) is 2.35. The van der Waals surface area contributed by atoms with Gasteiger partial charge in [-0.15, -0.1) is 11.6 Å². The van der Waals surface area contributed by atoms with Gasteiger partial charge in [-0.2, -0.15) is 0 Å². The van der Waals surface area contributed by atoms with Crippen molar-refractivity contribution in [2.75, 3.05) is 6.61 Å². The highest BCUT2D eigenvalue weighted by atomic mass is 35.5. The van der Waals surface area contributed by atoms with Crippen LogP contribution in [-0.2, 0) is 0 Å². The Labute approximate surface area is 68.4 Å². The summed E-state index contributed by atoms with van der Waals surface area (Å²) in [5, 5.41) is 8.76. The molecule has 0 unspecified atom stereocenters. The molecule has 10 heavy (non-hydrogen) atoms. The maximum Gasteiger partial charge on any atom is 0.0431 e. The minimum absolute atomic E-state index is 0.314. The maximum atomic E-state index is 8.45. The molecule has 0 aromatic rings. The molecule has 0 rings (SSSR count).